The quantitative estimate of drug-likeness (QED) is 0.684. The van der Waals surface area contributed by atoms with E-state index in [0.29, 0.717) is 12.1 Å². The van der Waals surface area contributed by atoms with E-state index in [9.17, 15) is 5.11 Å². The molecule has 1 N–H and O–H groups in total. The minimum atomic E-state index is -0.106. The molecule has 0 radical (unpaired) electrons. The number of ether oxygens (including phenoxy) is 1. The van der Waals surface area contributed by atoms with Crippen molar-refractivity contribution in [2.45, 2.75) is 43.9 Å². The van der Waals surface area contributed by atoms with Crippen LogP contribution in [-0.4, -0.2) is 48.5 Å². The first-order valence-corrected chi connectivity index (χ1v) is 5.27. The fourth-order valence-corrected chi connectivity index (χ4v) is 2.51. The first-order chi connectivity index (χ1) is 6.29. The predicted octanol–water partition coefficient (Wildman–Crippen LogP) is 0.620. The van der Waals surface area contributed by atoms with Crippen molar-refractivity contribution in [3.63, 3.8) is 0 Å². The molecule has 2 rings (SSSR count). The Balaban J connectivity index is 1.91. The molecule has 13 heavy (non-hydrogen) atoms. The van der Waals surface area contributed by atoms with Crippen LogP contribution in [0.15, 0.2) is 0 Å². The highest BCUT2D eigenvalue weighted by molar-refractivity contribution is 4.87. The summed E-state index contributed by atoms with van der Waals surface area (Å²) >= 11 is 0. The second-order valence-electron chi connectivity index (χ2n) is 4.25. The molecule has 3 nitrogen and oxygen atoms in total. The Kier molecular flexibility index (Phi) is 2.86. The summed E-state index contributed by atoms with van der Waals surface area (Å²) in [7, 11) is 2.12. The van der Waals surface area contributed by atoms with Crippen LogP contribution in [0, 0.1) is 0 Å². The summed E-state index contributed by atoms with van der Waals surface area (Å²) in [5.74, 6) is 0. The summed E-state index contributed by atoms with van der Waals surface area (Å²) in [6.07, 6.45) is 4.31. The van der Waals surface area contributed by atoms with Crippen LogP contribution in [0.25, 0.3) is 0 Å². The van der Waals surface area contributed by atoms with E-state index >= 15 is 0 Å². The monoisotopic (exact) mass is 185 g/mol. The van der Waals surface area contributed by atoms with Gasteiger partial charge in [0.1, 0.15) is 0 Å². The maximum absolute atomic E-state index is 9.74. The standard InChI is InChI=1S/C10H19NO2/c1-11(8-5-6-13-7-8)9-3-2-4-10(9)12/h8-10,12H,2-7H2,1H3/t8?,9-,10-/m0/s1. The molecule has 2 aliphatic rings. The van der Waals surface area contributed by atoms with Gasteiger partial charge in [-0.25, -0.2) is 0 Å². The Hall–Kier alpha value is -0.120. The topological polar surface area (TPSA) is 32.7 Å². The summed E-state index contributed by atoms with van der Waals surface area (Å²) < 4.78 is 5.35. The molecule has 1 saturated carbocycles. The summed E-state index contributed by atoms with van der Waals surface area (Å²) in [4.78, 5) is 2.32. The molecule has 76 valence electrons. The highest BCUT2D eigenvalue weighted by Gasteiger charge is 2.33. The van der Waals surface area contributed by atoms with Gasteiger partial charge >= 0.3 is 0 Å². The zero-order valence-electron chi connectivity index (χ0n) is 8.28. The summed E-state index contributed by atoms with van der Waals surface area (Å²) in [5.41, 5.74) is 0. The van der Waals surface area contributed by atoms with Gasteiger partial charge in [-0.05, 0) is 32.7 Å². The van der Waals surface area contributed by atoms with Crippen molar-refractivity contribution in [2.24, 2.45) is 0 Å². The van der Waals surface area contributed by atoms with Gasteiger partial charge in [0.15, 0.2) is 0 Å². The van der Waals surface area contributed by atoms with Crippen molar-refractivity contribution in [1.29, 1.82) is 0 Å². The molecular weight excluding hydrogens is 166 g/mol. The van der Waals surface area contributed by atoms with E-state index in [4.69, 9.17) is 4.74 Å². The smallest absolute Gasteiger partial charge is 0.0695 e. The van der Waals surface area contributed by atoms with Gasteiger partial charge < -0.3 is 9.84 Å². The van der Waals surface area contributed by atoms with Crippen LogP contribution in [0.1, 0.15) is 25.7 Å². The molecule has 1 aliphatic carbocycles. The molecule has 2 fully saturated rings. The molecule has 0 aromatic rings. The van der Waals surface area contributed by atoms with Crippen molar-refractivity contribution in [3.05, 3.63) is 0 Å². The zero-order valence-corrected chi connectivity index (χ0v) is 8.28. The van der Waals surface area contributed by atoms with Crippen molar-refractivity contribution < 1.29 is 9.84 Å². The number of aliphatic hydroxyl groups excluding tert-OH is 1. The Bertz CT molecular complexity index is 168. The molecule has 0 spiro atoms. The van der Waals surface area contributed by atoms with Crippen LogP contribution >= 0.6 is 0 Å². The van der Waals surface area contributed by atoms with Crippen LogP contribution in [0.4, 0.5) is 0 Å². The summed E-state index contributed by atoms with van der Waals surface area (Å²) in [6.45, 7) is 1.73. The molecule has 1 saturated heterocycles. The van der Waals surface area contributed by atoms with Gasteiger partial charge in [-0.15, -0.1) is 0 Å². The molecule has 0 bridgehead atoms. The van der Waals surface area contributed by atoms with E-state index < -0.39 is 0 Å². The van der Waals surface area contributed by atoms with E-state index in [2.05, 4.69) is 11.9 Å². The average Bonchev–Trinajstić information content (AvgIpc) is 2.72. The first-order valence-electron chi connectivity index (χ1n) is 5.27. The van der Waals surface area contributed by atoms with Crippen LogP contribution in [-0.2, 0) is 4.74 Å². The van der Waals surface area contributed by atoms with Gasteiger partial charge in [0, 0.05) is 18.7 Å². The lowest BCUT2D eigenvalue weighted by molar-refractivity contribution is 0.0559. The number of nitrogens with zero attached hydrogens (tertiary/aromatic N) is 1. The molecule has 0 aromatic carbocycles. The lowest BCUT2D eigenvalue weighted by atomic mass is 10.1. The van der Waals surface area contributed by atoms with E-state index in [1.807, 2.05) is 0 Å². The Morgan fingerprint density at radius 1 is 1.31 bits per heavy atom. The minimum Gasteiger partial charge on any atom is -0.391 e. The van der Waals surface area contributed by atoms with Gasteiger partial charge in [0.2, 0.25) is 0 Å². The highest BCUT2D eigenvalue weighted by Crippen LogP contribution is 2.26. The van der Waals surface area contributed by atoms with Crippen LogP contribution in [0.2, 0.25) is 0 Å². The van der Waals surface area contributed by atoms with Gasteiger partial charge in [-0.2, -0.15) is 0 Å². The number of aliphatic hydroxyl groups is 1. The van der Waals surface area contributed by atoms with Gasteiger partial charge in [0.05, 0.1) is 12.7 Å². The van der Waals surface area contributed by atoms with Gasteiger partial charge in [-0.1, -0.05) is 0 Å². The van der Waals surface area contributed by atoms with Crippen molar-refractivity contribution in [1.82, 2.24) is 4.90 Å². The number of hydrogen-bond donors (Lipinski definition) is 1. The first kappa shape index (κ1) is 9.44. The fraction of sp³-hybridized carbons (Fsp3) is 1.00. The molecule has 3 atom stereocenters. The lowest BCUT2D eigenvalue weighted by Gasteiger charge is -2.31. The summed E-state index contributed by atoms with van der Waals surface area (Å²) in [6, 6.07) is 0.921. The fourth-order valence-electron chi connectivity index (χ4n) is 2.51. The van der Waals surface area contributed by atoms with Gasteiger partial charge in [-0.3, -0.25) is 4.90 Å². The second-order valence-corrected chi connectivity index (χ2v) is 4.25. The molecule has 1 heterocycles. The highest BCUT2D eigenvalue weighted by atomic mass is 16.5. The lowest BCUT2D eigenvalue weighted by Crippen LogP contribution is -2.44. The third kappa shape index (κ3) is 1.87. The van der Waals surface area contributed by atoms with Crippen molar-refractivity contribution >= 4 is 0 Å². The maximum Gasteiger partial charge on any atom is 0.0695 e. The summed E-state index contributed by atoms with van der Waals surface area (Å²) in [5, 5.41) is 9.74. The normalized spacial score (nSPS) is 40.4. The number of likely N-dealkylation sites (N-methyl/N-ethyl adjacent to an activating group) is 1. The van der Waals surface area contributed by atoms with E-state index in [-0.39, 0.29) is 6.10 Å². The number of rotatable bonds is 2. The van der Waals surface area contributed by atoms with Crippen LogP contribution < -0.4 is 0 Å². The maximum atomic E-state index is 9.74. The molecule has 0 amide bonds. The average molecular weight is 185 g/mol. The molecule has 1 unspecified atom stereocenters. The van der Waals surface area contributed by atoms with Crippen LogP contribution in [0.3, 0.4) is 0 Å². The Morgan fingerprint density at radius 2 is 2.15 bits per heavy atom. The largest absolute Gasteiger partial charge is 0.391 e. The molecule has 0 aromatic heterocycles. The molecule has 3 heteroatoms. The third-order valence-electron chi connectivity index (χ3n) is 3.45. The van der Waals surface area contributed by atoms with E-state index in [0.717, 1.165) is 32.5 Å². The SMILES string of the molecule is CN(C1CCOC1)[C@H]1CCC[C@@H]1O. The molecule has 1 aliphatic heterocycles. The van der Waals surface area contributed by atoms with Crippen LogP contribution in [0.5, 0.6) is 0 Å². The third-order valence-corrected chi connectivity index (χ3v) is 3.45. The number of hydrogen-bond acceptors (Lipinski definition) is 3. The van der Waals surface area contributed by atoms with Crippen molar-refractivity contribution in [2.75, 3.05) is 20.3 Å². The molecular formula is C10H19NO2. The Labute approximate surface area is 79.7 Å². The zero-order chi connectivity index (χ0) is 9.26. The Morgan fingerprint density at radius 3 is 2.69 bits per heavy atom. The van der Waals surface area contributed by atoms with E-state index in [1.54, 1.807) is 0 Å². The second kappa shape index (κ2) is 3.95. The van der Waals surface area contributed by atoms with E-state index in [1.165, 1.54) is 6.42 Å². The minimum absolute atomic E-state index is 0.106. The van der Waals surface area contributed by atoms with Gasteiger partial charge in [0.25, 0.3) is 0 Å². The predicted molar refractivity (Wildman–Crippen MR) is 50.6 cm³/mol. The van der Waals surface area contributed by atoms with Crippen molar-refractivity contribution in [3.8, 4) is 0 Å².